The van der Waals surface area contributed by atoms with Crippen LogP contribution in [0.1, 0.15) is 28.5 Å². The van der Waals surface area contributed by atoms with Gasteiger partial charge in [0.2, 0.25) is 0 Å². The lowest BCUT2D eigenvalue weighted by Crippen LogP contribution is -2.32. The van der Waals surface area contributed by atoms with Crippen LogP contribution in [0, 0.1) is 6.92 Å². The zero-order valence-electron chi connectivity index (χ0n) is 18.3. The van der Waals surface area contributed by atoms with E-state index in [2.05, 4.69) is 5.10 Å². The van der Waals surface area contributed by atoms with Gasteiger partial charge in [0.05, 0.1) is 21.5 Å². The van der Waals surface area contributed by atoms with Crippen molar-refractivity contribution in [3.63, 3.8) is 0 Å². The molecule has 0 unspecified atom stereocenters. The van der Waals surface area contributed by atoms with Crippen molar-refractivity contribution in [3.05, 3.63) is 88.2 Å². The molecule has 0 spiro atoms. The molecule has 0 saturated carbocycles. The lowest BCUT2D eigenvalue weighted by Gasteiger charge is -2.22. The van der Waals surface area contributed by atoms with Crippen molar-refractivity contribution < 1.29 is 13.2 Å². The molecular weight excluding hydrogens is 454 g/mol. The second-order valence-electron chi connectivity index (χ2n) is 8.27. The summed E-state index contributed by atoms with van der Waals surface area (Å²) in [5.41, 5.74) is 3.66. The number of hydrogen-bond acceptors (Lipinski definition) is 5. The lowest BCUT2D eigenvalue weighted by molar-refractivity contribution is -0.130. The first-order valence-corrected chi connectivity index (χ1v) is 13.1. The van der Waals surface area contributed by atoms with Gasteiger partial charge < -0.3 is 4.57 Å². The zero-order valence-corrected chi connectivity index (χ0v) is 19.9. The number of sulfone groups is 1. The van der Waals surface area contributed by atoms with E-state index in [0.717, 1.165) is 27.2 Å². The minimum atomic E-state index is -3.87. The first-order valence-electron chi connectivity index (χ1n) is 10.6. The van der Waals surface area contributed by atoms with E-state index in [1.807, 2.05) is 60.8 Å². The minimum Gasteiger partial charge on any atom is -0.349 e. The molecular formula is C25H23N3O3S2. The molecule has 2 aromatic heterocycles. The molecule has 33 heavy (non-hydrogen) atoms. The van der Waals surface area contributed by atoms with Crippen LogP contribution in [-0.4, -0.2) is 35.4 Å². The number of amides is 1. The molecule has 4 aromatic rings. The van der Waals surface area contributed by atoms with Gasteiger partial charge in [-0.25, -0.2) is 13.4 Å². The maximum absolute atomic E-state index is 13.4. The van der Waals surface area contributed by atoms with Crippen LogP contribution in [-0.2, 0) is 21.7 Å². The first-order chi connectivity index (χ1) is 15.8. The van der Waals surface area contributed by atoms with Crippen LogP contribution in [0.15, 0.2) is 82.2 Å². The summed E-state index contributed by atoms with van der Waals surface area (Å²) in [4.78, 5) is 14.5. The van der Waals surface area contributed by atoms with E-state index in [1.165, 1.54) is 5.01 Å². The maximum atomic E-state index is 13.4. The number of para-hydroxylation sites is 1. The van der Waals surface area contributed by atoms with E-state index >= 15 is 0 Å². The van der Waals surface area contributed by atoms with Gasteiger partial charge >= 0.3 is 0 Å². The summed E-state index contributed by atoms with van der Waals surface area (Å²) in [5, 5.41) is 8.54. The Bertz CT molecular complexity index is 1470. The Balaban J connectivity index is 1.49. The van der Waals surface area contributed by atoms with E-state index in [-0.39, 0.29) is 10.9 Å². The van der Waals surface area contributed by atoms with Crippen molar-refractivity contribution in [2.45, 2.75) is 24.3 Å². The third kappa shape index (κ3) is 4.00. The minimum absolute atomic E-state index is 0.169. The maximum Gasteiger partial charge on any atom is 0.258 e. The summed E-state index contributed by atoms with van der Waals surface area (Å²) in [7, 11) is -2.06. The van der Waals surface area contributed by atoms with Crippen molar-refractivity contribution in [2.75, 3.05) is 5.75 Å². The summed E-state index contributed by atoms with van der Waals surface area (Å²) in [5.74, 6) is -1.16. The molecule has 6 nitrogen and oxygen atoms in total. The number of benzene rings is 2. The number of carbonyl (C=O) groups excluding carboxylic acids is 1. The van der Waals surface area contributed by atoms with Gasteiger partial charge in [0.25, 0.3) is 5.91 Å². The van der Waals surface area contributed by atoms with Crippen LogP contribution in [0.5, 0.6) is 0 Å². The quantitative estimate of drug-likeness (QED) is 0.418. The summed E-state index contributed by atoms with van der Waals surface area (Å²) in [6.45, 7) is 2.01. The molecule has 5 rings (SSSR count). The smallest absolute Gasteiger partial charge is 0.258 e. The van der Waals surface area contributed by atoms with Gasteiger partial charge in [-0.05, 0) is 30.0 Å². The van der Waals surface area contributed by atoms with Crippen molar-refractivity contribution in [3.8, 4) is 0 Å². The predicted molar refractivity (Wildman–Crippen MR) is 131 cm³/mol. The number of aryl methyl sites for hydroxylation is 2. The van der Waals surface area contributed by atoms with E-state index in [0.29, 0.717) is 11.8 Å². The molecule has 0 bridgehead atoms. The Labute approximate surface area is 196 Å². The van der Waals surface area contributed by atoms with Gasteiger partial charge in [-0.15, -0.1) is 11.3 Å². The van der Waals surface area contributed by atoms with Gasteiger partial charge in [0.1, 0.15) is 5.75 Å². The van der Waals surface area contributed by atoms with Crippen molar-refractivity contribution in [1.29, 1.82) is 0 Å². The van der Waals surface area contributed by atoms with Gasteiger partial charge in [-0.1, -0.05) is 54.1 Å². The Morgan fingerprint density at radius 1 is 1.09 bits per heavy atom. The van der Waals surface area contributed by atoms with E-state index in [1.54, 1.807) is 41.3 Å². The number of hydrogen-bond donors (Lipinski definition) is 0. The molecule has 1 aliphatic rings. The Hall–Kier alpha value is -3.23. The summed E-state index contributed by atoms with van der Waals surface area (Å²) >= 11 is 1.56. The van der Waals surface area contributed by atoms with Crippen LogP contribution in [0.4, 0.5) is 0 Å². The lowest BCUT2D eigenvalue weighted by atomic mass is 10.00. The number of hydrazone groups is 1. The Morgan fingerprint density at radius 2 is 1.85 bits per heavy atom. The summed E-state index contributed by atoms with van der Waals surface area (Å²) < 4.78 is 28.4. The Morgan fingerprint density at radius 3 is 2.58 bits per heavy atom. The molecule has 8 heteroatoms. The number of thiophene rings is 1. The van der Waals surface area contributed by atoms with Crippen LogP contribution < -0.4 is 0 Å². The van der Waals surface area contributed by atoms with Gasteiger partial charge in [-0.3, -0.25) is 4.79 Å². The molecule has 1 amide bonds. The standard InChI is InChI=1S/C25H23N3O3S2/c1-17-9-11-18(12-10-17)22-14-20(23-8-5-13-32-23)26-28(22)25(29)16-33(30,31)24-15-27(2)21-7-4-3-6-19(21)24/h3-13,15,22H,14,16H2,1-2H3/t22-/m1/s1. The van der Waals surface area contributed by atoms with E-state index in [9.17, 15) is 13.2 Å². The second-order valence-corrected chi connectivity index (χ2v) is 11.2. The number of carbonyl (C=O) groups is 1. The zero-order chi connectivity index (χ0) is 23.2. The summed E-state index contributed by atoms with van der Waals surface area (Å²) in [6, 6.07) is 18.8. The third-order valence-corrected chi connectivity index (χ3v) is 8.48. The van der Waals surface area contributed by atoms with Gasteiger partial charge in [0.15, 0.2) is 9.84 Å². The SMILES string of the molecule is Cc1ccc([C@H]2CC(c3cccs3)=NN2C(=O)CS(=O)(=O)c2cn(C)c3ccccc23)cc1. The molecule has 0 fully saturated rings. The molecule has 168 valence electrons. The molecule has 1 aliphatic heterocycles. The van der Waals surface area contributed by atoms with Crippen molar-refractivity contribution >= 4 is 43.7 Å². The van der Waals surface area contributed by atoms with Crippen molar-refractivity contribution in [2.24, 2.45) is 12.1 Å². The number of nitrogens with zero attached hydrogens (tertiary/aromatic N) is 3. The number of rotatable bonds is 5. The highest BCUT2D eigenvalue weighted by Crippen LogP contribution is 2.35. The predicted octanol–water partition coefficient (Wildman–Crippen LogP) is 4.70. The molecule has 2 aromatic carbocycles. The highest BCUT2D eigenvalue weighted by Gasteiger charge is 2.36. The fourth-order valence-corrected chi connectivity index (χ4v) is 6.40. The molecule has 0 saturated heterocycles. The van der Waals surface area contributed by atoms with Crippen LogP contribution in [0.25, 0.3) is 10.9 Å². The van der Waals surface area contributed by atoms with Crippen LogP contribution in [0.2, 0.25) is 0 Å². The second kappa shape index (κ2) is 8.28. The topological polar surface area (TPSA) is 71.7 Å². The fourth-order valence-electron chi connectivity index (χ4n) is 4.24. The van der Waals surface area contributed by atoms with Gasteiger partial charge in [0, 0.05) is 30.6 Å². The largest absolute Gasteiger partial charge is 0.349 e. The molecule has 1 atom stereocenters. The normalized spacial score (nSPS) is 16.4. The highest BCUT2D eigenvalue weighted by molar-refractivity contribution is 7.92. The average Bonchev–Trinajstić information content (AvgIpc) is 3.53. The molecule has 0 aliphatic carbocycles. The molecule has 3 heterocycles. The molecule has 0 N–H and O–H groups in total. The average molecular weight is 478 g/mol. The van der Waals surface area contributed by atoms with E-state index < -0.39 is 21.5 Å². The summed E-state index contributed by atoms with van der Waals surface area (Å²) in [6.07, 6.45) is 2.12. The van der Waals surface area contributed by atoms with Crippen molar-refractivity contribution in [1.82, 2.24) is 9.58 Å². The van der Waals surface area contributed by atoms with Gasteiger partial charge in [-0.2, -0.15) is 5.10 Å². The number of fused-ring (bicyclic) bond motifs is 1. The third-order valence-electron chi connectivity index (χ3n) is 5.94. The molecule has 0 radical (unpaired) electrons. The Kier molecular flexibility index (Phi) is 5.42. The van der Waals surface area contributed by atoms with Crippen LogP contribution >= 0.6 is 11.3 Å². The first kappa shape index (κ1) is 21.6. The number of aromatic nitrogens is 1. The monoisotopic (exact) mass is 477 g/mol. The van der Waals surface area contributed by atoms with E-state index in [4.69, 9.17) is 0 Å². The van der Waals surface area contributed by atoms with Crippen LogP contribution in [0.3, 0.4) is 0 Å². The fraction of sp³-hybridized carbons (Fsp3) is 0.200. The highest BCUT2D eigenvalue weighted by atomic mass is 32.2.